The van der Waals surface area contributed by atoms with Gasteiger partial charge in [0, 0.05) is 18.1 Å². The minimum Gasteiger partial charge on any atom is -0.493 e. The summed E-state index contributed by atoms with van der Waals surface area (Å²) in [5.74, 6) is 2.08. The second-order valence-corrected chi connectivity index (χ2v) is 4.53. The van der Waals surface area contributed by atoms with Gasteiger partial charge in [-0.2, -0.15) is 0 Å². The predicted molar refractivity (Wildman–Crippen MR) is 79.6 cm³/mol. The largest absolute Gasteiger partial charge is 0.493 e. The molecule has 0 aliphatic carbocycles. The van der Waals surface area contributed by atoms with E-state index in [1.54, 1.807) is 20.4 Å². The molecule has 2 N–H and O–H groups in total. The molecule has 108 valence electrons. The smallest absolute Gasteiger partial charge is 0.161 e. The Hall–Kier alpha value is -2.01. The molecule has 0 bridgehead atoms. The SMILES string of the molecule is CCC(O)CNc1nccc2cc(OC)c(OC)cc12. The lowest BCUT2D eigenvalue weighted by molar-refractivity contribution is 0.183. The third-order valence-corrected chi connectivity index (χ3v) is 3.24. The van der Waals surface area contributed by atoms with Gasteiger partial charge in [-0.25, -0.2) is 4.98 Å². The molecule has 1 aromatic heterocycles. The Morgan fingerprint density at radius 1 is 1.25 bits per heavy atom. The summed E-state index contributed by atoms with van der Waals surface area (Å²) in [6, 6.07) is 5.72. The number of nitrogens with one attached hydrogen (secondary N) is 1. The molecular weight excluding hydrogens is 256 g/mol. The number of hydrogen-bond acceptors (Lipinski definition) is 5. The van der Waals surface area contributed by atoms with Gasteiger partial charge in [0.1, 0.15) is 5.82 Å². The van der Waals surface area contributed by atoms with Gasteiger partial charge >= 0.3 is 0 Å². The van der Waals surface area contributed by atoms with Crippen LogP contribution in [0.15, 0.2) is 24.4 Å². The van der Waals surface area contributed by atoms with E-state index in [4.69, 9.17) is 9.47 Å². The molecule has 0 spiro atoms. The second kappa shape index (κ2) is 6.43. The van der Waals surface area contributed by atoms with Crippen LogP contribution in [0.25, 0.3) is 10.8 Å². The van der Waals surface area contributed by atoms with Crippen molar-refractivity contribution in [1.29, 1.82) is 0 Å². The van der Waals surface area contributed by atoms with Crippen molar-refractivity contribution in [3.63, 3.8) is 0 Å². The van der Waals surface area contributed by atoms with Crippen molar-refractivity contribution >= 4 is 16.6 Å². The molecule has 0 fully saturated rings. The number of hydrogen-bond donors (Lipinski definition) is 2. The molecule has 0 saturated heterocycles. The van der Waals surface area contributed by atoms with Crippen molar-refractivity contribution in [2.75, 3.05) is 26.1 Å². The fourth-order valence-corrected chi connectivity index (χ4v) is 2.00. The van der Waals surface area contributed by atoms with Crippen LogP contribution in [0.4, 0.5) is 5.82 Å². The van der Waals surface area contributed by atoms with Crippen molar-refractivity contribution in [2.24, 2.45) is 0 Å². The van der Waals surface area contributed by atoms with E-state index in [0.29, 0.717) is 24.5 Å². The van der Waals surface area contributed by atoms with Crippen LogP contribution in [-0.2, 0) is 0 Å². The molecule has 2 aromatic rings. The summed E-state index contributed by atoms with van der Waals surface area (Å²) in [4.78, 5) is 4.33. The summed E-state index contributed by atoms with van der Waals surface area (Å²) in [5.41, 5.74) is 0. The molecule has 0 saturated carbocycles. The standard InChI is InChI=1S/C15H20N2O3/c1-4-11(18)9-17-15-12-8-14(20-3)13(19-2)7-10(12)5-6-16-15/h5-8,11,18H,4,9H2,1-3H3,(H,16,17). The van der Waals surface area contributed by atoms with Gasteiger partial charge < -0.3 is 19.9 Å². The van der Waals surface area contributed by atoms with Crippen molar-refractivity contribution in [2.45, 2.75) is 19.4 Å². The van der Waals surface area contributed by atoms with Crippen LogP contribution in [-0.4, -0.2) is 37.0 Å². The van der Waals surface area contributed by atoms with Crippen LogP contribution >= 0.6 is 0 Å². The summed E-state index contributed by atoms with van der Waals surface area (Å²) in [5, 5.41) is 14.8. The summed E-state index contributed by atoms with van der Waals surface area (Å²) >= 11 is 0. The Morgan fingerprint density at radius 2 is 1.95 bits per heavy atom. The van der Waals surface area contributed by atoms with Gasteiger partial charge in [0.15, 0.2) is 11.5 Å². The molecule has 0 radical (unpaired) electrons. The fraction of sp³-hybridized carbons (Fsp3) is 0.400. The highest BCUT2D eigenvalue weighted by molar-refractivity contribution is 5.94. The molecule has 1 atom stereocenters. The van der Waals surface area contributed by atoms with Crippen molar-refractivity contribution in [3.05, 3.63) is 24.4 Å². The lowest BCUT2D eigenvalue weighted by atomic mass is 10.1. The first-order chi connectivity index (χ1) is 9.69. The fourth-order valence-electron chi connectivity index (χ4n) is 2.00. The number of nitrogens with zero attached hydrogens (tertiary/aromatic N) is 1. The lowest BCUT2D eigenvalue weighted by Gasteiger charge is -2.14. The average molecular weight is 276 g/mol. The number of fused-ring (bicyclic) bond motifs is 1. The predicted octanol–water partition coefficient (Wildman–Crippen LogP) is 2.43. The normalized spacial score (nSPS) is 12.2. The van der Waals surface area contributed by atoms with Crippen LogP contribution < -0.4 is 14.8 Å². The number of methoxy groups -OCH3 is 2. The van der Waals surface area contributed by atoms with E-state index in [1.165, 1.54) is 0 Å². The van der Waals surface area contributed by atoms with Gasteiger partial charge in [-0.1, -0.05) is 6.92 Å². The Kier molecular flexibility index (Phi) is 4.63. The summed E-state index contributed by atoms with van der Waals surface area (Å²) in [6.07, 6.45) is 2.05. The highest BCUT2D eigenvalue weighted by atomic mass is 16.5. The maximum Gasteiger partial charge on any atom is 0.161 e. The highest BCUT2D eigenvalue weighted by Gasteiger charge is 2.10. The number of anilines is 1. The highest BCUT2D eigenvalue weighted by Crippen LogP contribution is 2.34. The monoisotopic (exact) mass is 276 g/mol. The summed E-state index contributed by atoms with van der Waals surface area (Å²) < 4.78 is 10.6. The van der Waals surface area contributed by atoms with E-state index in [1.807, 2.05) is 25.1 Å². The molecular formula is C15H20N2O3. The number of ether oxygens (including phenoxy) is 2. The van der Waals surface area contributed by atoms with E-state index in [9.17, 15) is 5.11 Å². The van der Waals surface area contributed by atoms with E-state index in [0.717, 1.165) is 16.6 Å². The Balaban J connectivity index is 2.40. The Bertz CT molecular complexity index is 587. The number of rotatable bonds is 6. The quantitative estimate of drug-likeness (QED) is 0.848. The zero-order valence-corrected chi connectivity index (χ0v) is 12.0. The third kappa shape index (κ3) is 2.93. The first-order valence-corrected chi connectivity index (χ1v) is 6.62. The van der Waals surface area contributed by atoms with Gasteiger partial charge in [-0.05, 0) is 30.0 Å². The summed E-state index contributed by atoms with van der Waals surface area (Å²) in [7, 11) is 3.22. The van der Waals surface area contributed by atoms with Gasteiger partial charge in [0.25, 0.3) is 0 Å². The van der Waals surface area contributed by atoms with Gasteiger partial charge in [-0.15, -0.1) is 0 Å². The first kappa shape index (κ1) is 14.4. The molecule has 1 unspecified atom stereocenters. The molecule has 5 nitrogen and oxygen atoms in total. The minimum absolute atomic E-state index is 0.382. The zero-order valence-electron chi connectivity index (χ0n) is 12.0. The molecule has 5 heteroatoms. The van der Waals surface area contributed by atoms with Crippen LogP contribution in [0.5, 0.6) is 11.5 Å². The average Bonchev–Trinajstić information content (AvgIpc) is 2.50. The van der Waals surface area contributed by atoms with Crippen molar-refractivity contribution < 1.29 is 14.6 Å². The number of benzene rings is 1. The molecule has 1 heterocycles. The topological polar surface area (TPSA) is 63.6 Å². The number of pyridine rings is 1. The number of aliphatic hydroxyl groups is 1. The second-order valence-electron chi connectivity index (χ2n) is 4.53. The first-order valence-electron chi connectivity index (χ1n) is 6.62. The zero-order chi connectivity index (χ0) is 14.5. The van der Waals surface area contributed by atoms with Crippen molar-refractivity contribution in [3.8, 4) is 11.5 Å². The van der Waals surface area contributed by atoms with E-state index in [-0.39, 0.29) is 6.10 Å². The number of aromatic nitrogens is 1. The van der Waals surface area contributed by atoms with E-state index < -0.39 is 0 Å². The van der Waals surface area contributed by atoms with Crippen LogP contribution in [0, 0.1) is 0 Å². The molecule has 0 aliphatic rings. The third-order valence-electron chi connectivity index (χ3n) is 3.24. The van der Waals surface area contributed by atoms with Crippen LogP contribution in [0.3, 0.4) is 0 Å². The van der Waals surface area contributed by atoms with E-state index in [2.05, 4.69) is 10.3 Å². The number of aliphatic hydroxyl groups excluding tert-OH is 1. The molecule has 1 aromatic carbocycles. The van der Waals surface area contributed by atoms with Gasteiger partial charge in [0.2, 0.25) is 0 Å². The maximum absolute atomic E-state index is 9.64. The van der Waals surface area contributed by atoms with Gasteiger partial charge in [-0.3, -0.25) is 0 Å². The molecule has 2 rings (SSSR count). The molecule has 0 amide bonds. The van der Waals surface area contributed by atoms with Crippen molar-refractivity contribution in [1.82, 2.24) is 4.98 Å². The lowest BCUT2D eigenvalue weighted by Crippen LogP contribution is -2.18. The maximum atomic E-state index is 9.64. The van der Waals surface area contributed by atoms with Crippen LogP contribution in [0.1, 0.15) is 13.3 Å². The Labute approximate surface area is 118 Å². The minimum atomic E-state index is -0.382. The molecule has 20 heavy (non-hydrogen) atoms. The Morgan fingerprint density at radius 3 is 2.60 bits per heavy atom. The molecule has 0 aliphatic heterocycles. The summed E-state index contributed by atoms with van der Waals surface area (Å²) in [6.45, 7) is 2.41. The van der Waals surface area contributed by atoms with Crippen LogP contribution in [0.2, 0.25) is 0 Å². The van der Waals surface area contributed by atoms with Gasteiger partial charge in [0.05, 0.1) is 20.3 Å². The van der Waals surface area contributed by atoms with E-state index >= 15 is 0 Å².